The van der Waals surface area contributed by atoms with Crippen LogP contribution in [-0.4, -0.2) is 54.8 Å². The Hall–Kier alpha value is -1.71. The summed E-state index contributed by atoms with van der Waals surface area (Å²) >= 11 is 1.39. The average molecular weight is 326 g/mol. The van der Waals surface area contributed by atoms with Gasteiger partial charge in [0, 0.05) is 20.1 Å². The highest BCUT2D eigenvalue weighted by molar-refractivity contribution is 7.16. The molecule has 0 saturated carbocycles. The summed E-state index contributed by atoms with van der Waals surface area (Å²) in [6, 6.07) is -0.201. The molecule has 1 aromatic heterocycles. The fourth-order valence-corrected chi connectivity index (χ4v) is 3.43. The van der Waals surface area contributed by atoms with Crippen LogP contribution in [0.1, 0.15) is 23.8 Å². The molecule has 120 valence electrons. The van der Waals surface area contributed by atoms with Crippen molar-refractivity contribution in [2.45, 2.75) is 26.4 Å². The maximum absolute atomic E-state index is 12.4. The van der Waals surface area contributed by atoms with Crippen molar-refractivity contribution in [2.24, 2.45) is 0 Å². The highest BCUT2D eigenvalue weighted by Gasteiger charge is 2.36. The molecule has 8 nitrogen and oxygen atoms in total. The van der Waals surface area contributed by atoms with Crippen LogP contribution in [0.15, 0.2) is 0 Å². The molecule has 0 aliphatic carbocycles. The number of hydrogen-bond donors (Lipinski definition) is 1. The molecule has 0 spiro atoms. The largest absolute Gasteiger partial charge is 0.358 e. The lowest BCUT2D eigenvalue weighted by atomic mass is 10.3. The van der Waals surface area contributed by atoms with Gasteiger partial charge in [0.05, 0.1) is 10.6 Å². The van der Waals surface area contributed by atoms with Gasteiger partial charge in [0.15, 0.2) is 11.4 Å². The van der Waals surface area contributed by atoms with E-state index in [-0.39, 0.29) is 31.1 Å². The van der Waals surface area contributed by atoms with E-state index in [0.717, 1.165) is 10.6 Å². The lowest BCUT2D eigenvalue weighted by Crippen LogP contribution is -2.38. The first-order valence-electron chi connectivity index (χ1n) is 7.05. The molecule has 0 aromatic carbocycles. The third-order valence-corrected chi connectivity index (χ3v) is 4.81. The number of nitrogens with one attached hydrogen (secondary N) is 1. The number of aryl methyl sites for hydroxylation is 1. The molecule has 0 radical (unpaired) electrons. The zero-order valence-electron chi connectivity index (χ0n) is 12.7. The van der Waals surface area contributed by atoms with E-state index in [2.05, 4.69) is 10.3 Å². The zero-order chi connectivity index (χ0) is 15.9. The predicted molar refractivity (Wildman–Crippen MR) is 79.6 cm³/mol. The van der Waals surface area contributed by atoms with E-state index in [9.17, 15) is 9.59 Å². The Kier molecular flexibility index (Phi) is 4.02. The summed E-state index contributed by atoms with van der Waals surface area (Å²) in [5.74, 6) is -0.184. The molecule has 1 N–H and O–H groups in total. The van der Waals surface area contributed by atoms with Crippen molar-refractivity contribution in [3.05, 3.63) is 10.6 Å². The van der Waals surface area contributed by atoms with Crippen LogP contribution in [-0.2, 0) is 14.3 Å². The molecule has 0 bridgehead atoms. The van der Waals surface area contributed by atoms with Crippen LogP contribution in [0.2, 0.25) is 0 Å². The van der Waals surface area contributed by atoms with Crippen LogP contribution >= 0.6 is 11.3 Å². The number of anilines is 1. The van der Waals surface area contributed by atoms with Gasteiger partial charge < -0.3 is 19.7 Å². The normalized spacial score (nSPS) is 24.6. The second-order valence-electron chi connectivity index (χ2n) is 5.15. The summed E-state index contributed by atoms with van der Waals surface area (Å²) in [6.45, 7) is 4.79. The van der Waals surface area contributed by atoms with Crippen molar-refractivity contribution < 1.29 is 19.1 Å². The highest BCUT2D eigenvalue weighted by atomic mass is 32.1. The van der Waals surface area contributed by atoms with Gasteiger partial charge in [-0.3, -0.25) is 9.69 Å². The average Bonchev–Trinajstić information content (AvgIpc) is 2.99. The number of thiazole rings is 1. The molecule has 2 aliphatic rings. The quantitative estimate of drug-likeness (QED) is 0.886. The van der Waals surface area contributed by atoms with Crippen LogP contribution < -0.4 is 10.2 Å². The Bertz CT molecular complexity index is 599. The van der Waals surface area contributed by atoms with E-state index in [1.54, 1.807) is 11.9 Å². The lowest BCUT2D eigenvalue weighted by Gasteiger charge is -2.33. The van der Waals surface area contributed by atoms with E-state index in [1.807, 2.05) is 13.8 Å². The minimum Gasteiger partial charge on any atom is -0.358 e. The van der Waals surface area contributed by atoms with Crippen molar-refractivity contribution in [3.63, 3.8) is 0 Å². The number of carbonyl (C=O) groups excluding carboxylic acids is 2. The molecule has 2 aliphatic heterocycles. The van der Waals surface area contributed by atoms with Crippen LogP contribution in [0.4, 0.5) is 9.93 Å². The fourth-order valence-electron chi connectivity index (χ4n) is 2.37. The van der Waals surface area contributed by atoms with Gasteiger partial charge in [0.25, 0.3) is 0 Å². The molecule has 3 rings (SSSR count). The highest BCUT2D eigenvalue weighted by Crippen LogP contribution is 2.39. The minimum absolute atomic E-state index is 0.0649. The van der Waals surface area contributed by atoms with Crippen molar-refractivity contribution >= 4 is 28.4 Å². The van der Waals surface area contributed by atoms with Gasteiger partial charge in [0.2, 0.25) is 12.2 Å². The summed E-state index contributed by atoms with van der Waals surface area (Å²) in [7, 11) is 1.55. The molecular weight excluding hydrogens is 308 g/mol. The van der Waals surface area contributed by atoms with Crippen molar-refractivity contribution in [2.75, 3.05) is 31.6 Å². The molecular formula is C13H18N4O4S. The molecule has 2 fully saturated rings. The molecule has 0 unspecified atom stereocenters. The lowest BCUT2D eigenvalue weighted by molar-refractivity contribution is -0.381. The van der Waals surface area contributed by atoms with Gasteiger partial charge in [-0.25, -0.2) is 9.78 Å². The molecule has 9 heteroatoms. The summed E-state index contributed by atoms with van der Waals surface area (Å²) in [5, 5.41) is 3.13. The molecule has 2 saturated heterocycles. The monoisotopic (exact) mass is 326 g/mol. The van der Waals surface area contributed by atoms with E-state index in [4.69, 9.17) is 9.47 Å². The van der Waals surface area contributed by atoms with E-state index >= 15 is 0 Å². The Morgan fingerprint density at radius 1 is 1.45 bits per heavy atom. The molecule has 3 heterocycles. The third-order valence-electron chi connectivity index (χ3n) is 3.60. The maximum Gasteiger partial charge on any atom is 0.326 e. The second-order valence-corrected chi connectivity index (χ2v) is 6.16. The third kappa shape index (κ3) is 2.67. The second kappa shape index (κ2) is 5.82. The SMILES string of the molecule is CNC(=O)CN1CCN(c2nc(C)c(C3OC(C)O3)s2)C1=O. The van der Waals surface area contributed by atoms with E-state index < -0.39 is 0 Å². The van der Waals surface area contributed by atoms with Gasteiger partial charge in [-0.05, 0) is 13.8 Å². The van der Waals surface area contributed by atoms with Gasteiger partial charge in [-0.15, -0.1) is 0 Å². The number of hydrogen-bond acceptors (Lipinski definition) is 6. The Labute approximate surface area is 132 Å². The number of amides is 3. The fraction of sp³-hybridized carbons (Fsp3) is 0.615. The van der Waals surface area contributed by atoms with Crippen molar-refractivity contribution in [3.8, 4) is 0 Å². The van der Waals surface area contributed by atoms with Gasteiger partial charge >= 0.3 is 6.03 Å². The minimum atomic E-state index is -0.388. The van der Waals surface area contributed by atoms with Gasteiger partial charge in [0.1, 0.15) is 6.54 Å². The number of likely N-dealkylation sites (N-methyl/N-ethyl adjacent to an activating group) is 1. The topological polar surface area (TPSA) is 84.0 Å². The summed E-state index contributed by atoms with van der Waals surface area (Å²) in [5.41, 5.74) is 0.800. The molecule has 3 amide bonds. The Morgan fingerprint density at radius 3 is 2.82 bits per heavy atom. The zero-order valence-corrected chi connectivity index (χ0v) is 13.5. The number of ether oxygens (including phenoxy) is 2. The van der Waals surface area contributed by atoms with E-state index in [1.165, 1.54) is 16.2 Å². The standard InChI is InChI=1S/C13H18N4O4S/c1-7-10(11-20-8(2)21-11)22-12(15-7)17-5-4-16(13(17)19)6-9(18)14-3/h8,11H,4-6H2,1-3H3,(H,14,18). The number of urea groups is 1. The van der Waals surface area contributed by atoms with Crippen LogP contribution in [0.25, 0.3) is 0 Å². The Balaban J connectivity index is 1.71. The number of carbonyl (C=O) groups is 2. The van der Waals surface area contributed by atoms with Crippen molar-refractivity contribution in [1.29, 1.82) is 0 Å². The van der Waals surface area contributed by atoms with Crippen LogP contribution in [0, 0.1) is 6.92 Å². The van der Waals surface area contributed by atoms with Gasteiger partial charge in [-0.2, -0.15) is 0 Å². The van der Waals surface area contributed by atoms with Gasteiger partial charge in [-0.1, -0.05) is 11.3 Å². The maximum atomic E-state index is 12.4. The van der Waals surface area contributed by atoms with Crippen LogP contribution in [0.5, 0.6) is 0 Å². The number of rotatable bonds is 4. The molecule has 0 atom stereocenters. The number of nitrogens with zero attached hydrogens (tertiary/aromatic N) is 3. The first kappa shape index (κ1) is 15.2. The summed E-state index contributed by atoms with van der Waals surface area (Å²) < 4.78 is 11.0. The van der Waals surface area contributed by atoms with Crippen molar-refractivity contribution in [1.82, 2.24) is 15.2 Å². The Morgan fingerprint density at radius 2 is 2.18 bits per heavy atom. The molecule has 22 heavy (non-hydrogen) atoms. The number of aromatic nitrogens is 1. The summed E-state index contributed by atoms with van der Waals surface area (Å²) in [4.78, 5) is 32.2. The summed E-state index contributed by atoms with van der Waals surface area (Å²) in [6.07, 6.45) is -0.590. The first-order valence-corrected chi connectivity index (χ1v) is 7.86. The smallest absolute Gasteiger partial charge is 0.326 e. The predicted octanol–water partition coefficient (Wildman–Crippen LogP) is 0.831. The van der Waals surface area contributed by atoms with E-state index in [0.29, 0.717) is 18.2 Å². The first-order chi connectivity index (χ1) is 10.5. The van der Waals surface area contributed by atoms with Crippen LogP contribution in [0.3, 0.4) is 0 Å². The molecule has 1 aromatic rings.